The number of carboxylic acids is 1. The van der Waals surface area contributed by atoms with Gasteiger partial charge in [0.1, 0.15) is 5.92 Å². The molecule has 1 N–H and O–H groups in total. The molecule has 30 heavy (non-hydrogen) atoms. The zero-order valence-corrected chi connectivity index (χ0v) is 20.1. The second-order valence-corrected chi connectivity index (χ2v) is 10.8. The molecule has 2 unspecified atom stereocenters. The van der Waals surface area contributed by atoms with E-state index >= 15 is 0 Å². The number of carbonyl (C=O) groups excluding carboxylic acids is 1. The Labute approximate surface area is 204 Å². The quantitative estimate of drug-likeness (QED) is 0.332. The van der Waals surface area contributed by atoms with Crippen molar-refractivity contribution >= 4 is 81.5 Å². The summed E-state index contributed by atoms with van der Waals surface area (Å²) in [5, 5.41) is 8.92. The minimum atomic E-state index is -1.79. The molecule has 0 aromatic heterocycles. The zero-order valence-electron chi connectivity index (χ0n) is 15.6. The van der Waals surface area contributed by atoms with Crippen LogP contribution >= 0.6 is 69.6 Å². The summed E-state index contributed by atoms with van der Waals surface area (Å²) in [4.78, 5) is 21.8. The first-order valence-electron chi connectivity index (χ1n) is 8.44. The van der Waals surface area contributed by atoms with Gasteiger partial charge in [-0.15, -0.1) is 0 Å². The number of hydrogen-bond donors (Lipinski definition) is 1. The number of carboxylic acid groups (broad SMARTS) is 1. The van der Waals surface area contributed by atoms with Crippen LogP contribution in [-0.4, -0.2) is 24.6 Å². The lowest BCUT2D eigenvalue weighted by Crippen LogP contribution is -2.29. The molecular weight excluding hydrogens is 517 g/mol. The Morgan fingerprint density at radius 2 is 1.33 bits per heavy atom. The highest BCUT2D eigenvalue weighted by Crippen LogP contribution is 2.42. The van der Waals surface area contributed by atoms with Crippen LogP contribution in [0.5, 0.6) is 0 Å². The average Bonchev–Trinajstić information content (AvgIpc) is 2.64. The van der Waals surface area contributed by atoms with Gasteiger partial charge in [0.05, 0.1) is 0 Å². The van der Waals surface area contributed by atoms with E-state index in [4.69, 9.17) is 79.4 Å². The predicted octanol–water partition coefficient (Wildman–Crippen LogP) is 6.96. The molecule has 10 heteroatoms. The van der Waals surface area contributed by atoms with Gasteiger partial charge < -0.3 is 9.84 Å². The second kappa shape index (κ2) is 12.2. The monoisotopic (exact) mass is 532 g/mol. The van der Waals surface area contributed by atoms with Crippen molar-refractivity contribution in [2.75, 3.05) is 0 Å². The second-order valence-electron chi connectivity index (χ2n) is 6.06. The number of carbonyl (C=O) groups is 2. The molecule has 0 aliphatic rings. The van der Waals surface area contributed by atoms with E-state index in [1.54, 1.807) is 36.4 Å². The molecule has 0 aliphatic heterocycles. The fourth-order valence-electron chi connectivity index (χ4n) is 2.31. The van der Waals surface area contributed by atoms with Gasteiger partial charge in [0.2, 0.25) is 7.59 Å². The van der Waals surface area contributed by atoms with Crippen LogP contribution < -0.4 is 0 Å². The minimum absolute atomic E-state index is 0.201. The van der Waals surface area contributed by atoms with E-state index in [9.17, 15) is 9.59 Å². The maximum Gasteiger partial charge on any atom is 0.311 e. The van der Waals surface area contributed by atoms with Gasteiger partial charge in [-0.2, -0.15) is 0 Å². The standard InChI is InChI=1S/2C10H9Cl3O2/c1-7(14)15-9(10(11,12)13)8-5-3-2-4-6-8;11-10(12,13)8(9(14)15)6-7-4-2-1-3-5-7/h2-6,9H,1H3;1-5,8H,6H2,(H,14,15). The van der Waals surface area contributed by atoms with Crippen molar-refractivity contribution in [1.29, 1.82) is 0 Å². The van der Waals surface area contributed by atoms with Gasteiger partial charge in [-0.1, -0.05) is 130 Å². The summed E-state index contributed by atoms with van der Waals surface area (Å²) in [6, 6.07) is 17.9. The number of alkyl halides is 6. The van der Waals surface area contributed by atoms with Crippen molar-refractivity contribution in [3.63, 3.8) is 0 Å². The van der Waals surface area contributed by atoms with Crippen LogP contribution in [0.4, 0.5) is 0 Å². The molecule has 164 valence electrons. The highest BCUT2D eigenvalue weighted by Gasteiger charge is 2.38. The minimum Gasteiger partial charge on any atom is -0.481 e. The fourth-order valence-corrected chi connectivity index (χ4v) is 3.33. The van der Waals surface area contributed by atoms with Gasteiger partial charge in [-0.3, -0.25) is 9.59 Å². The van der Waals surface area contributed by atoms with E-state index in [1.165, 1.54) is 6.92 Å². The summed E-state index contributed by atoms with van der Waals surface area (Å²) in [6.45, 7) is 1.27. The van der Waals surface area contributed by atoms with E-state index in [0.29, 0.717) is 5.56 Å². The number of rotatable bonds is 5. The van der Waals surface area contributed by atoms with Crippen LogP contribution in [-0.2, 0) is 20.7 Å². The molecule has 2 aromatic rings. The van der Waals surface area contributed by atoms with Gasteiger partial charge in [-0.25, -0.2) is 0 Å². The maximum absolute atomic E-state index is 10.9. The summed E-state index contributed by atoms with van der Waals surface area (Å²) in [5.74, 6) is -2.64. The SMILES string of the molecule is CC(=O)OC(c1ccccc1)C(Cl)(Cl)Cl.O=C(O)C(Cc1ccccc1)C(Cl)(Cl)Cl. The van der Waals surface area contributed by atoms with E-state index in [-0.39, 0.29) is 6.42 Å². The number of aliphatic carboxylic acids is 1. The largest absolute Gasteiger partial charge is 0.481 e. The third-order valence-electron chi connectivity index (χ3n) is 3.66. The van der Waals surface area contributed by atoms with Crippen molar-refractivity contribution < 1.29 is 19.4 Å². The predicted molar refractivity (Wildman–Crippen MR) is 123 cm³/mol. The summed E-state index contributed by atoms with van der Waals surface area (Å²) in [7, 11) is 0. The first-order chi connectivity index (χ1) is 13.8. The van der Waals surface area contributed by atoms with E-state index in [1.807, 2.05) is 24.3 Å². The van der Waals surface area contributed by atoms with Crippen LogP contribution in [0.15, 0.2) is 60.7 Å². The molecule has 0 fully saturated rings. The highest BCUT2D eigenvalue weighted by atomic mass is 35.6. The average molecular weight is 535 g/mol. The number of halogens is 6. The molecule has 0 bridgehead atoms. The zero-order chi connectivity index (χ0) is 22.9. The van der Waals surface area contributed by atoms with Crippen LogP contribution in [0, 0.1) is 5.92 Å². The summed E-state index contributed by atoms with van der Waals surface area (Å²) in [5.41, 5.74) is 1.48. The summed E-state index contributed by atoms with van der Waals surface area (Å²) in [6.07, 6.45) is -0.687. The number of hydrogen-bond acceptors (Lipinski definition) is 3. The van der Waals surface area contributed by atoms with Crippen LogP contribution in [0.3, 0.4) is 0 Å². The van der Waals surface area contributed by atoms with Gasteiger partial charge in [0.15, 0.2) is 6.10 Å². The van der Waals surface area contributed by atoms with Crippen molar-refractivity contribution in [2.24, 2.45) is 5.92 Å². The lowest BCUT2D eigenvalue weighted by Gasteiger charge is -2.24. The molecule has 0 saturated carbocycles. The first kappa shape index (κ1) is 27.2. The molecule has 4 nitrogen and oxygen atoms in total. The van der Waals surface area contributed by atoms with E-state index in [0.717, 1.165) is 5.56 Å². The molecule has 2 atom stereocenters. The van der Waals surface area contributed by atoms with Gasteiger partial charge in [-0.05, 0) is 17.5 Å². The normalized spacial score (nSPS) is 13.4. The van der Waals surface area contributed by atoms with Crippen LogP contribution in [0.25, 0.3) is 0 Å². The van der Waals surface area contributed by atoms with Gasteiger partial charge >= 0.3 is 11.9 Å². The van der Waals surface area contributed by atoms with Gasteiger partial charge in [0.25, 0.3) is 0 Å². The van der Waals surface area contributed by atoms with Crippen molar-refractivity contribution in [3.8, 4) is 0 Å². The number of ether oxygens (including phenoxy) is 1. The number of benzene rings is 2. The molecule has 0 heterocycles. The Morgan fingerprint density at radius 1 is 0.867 bits per heavy atom. The highest BCUT2D eigenvalue weighted by molar-refractivity contribution is 6.68. The molecule has 0 aliphatic carbocycles. The third kappa shape index (κ3) is 9.95. The number of esters is 1. The Kier molecular flexibility index (Phi) is 11.1. The Morgan fingerprint density at radius 3 is 1.70 bits per heavy atom. The van der Waals surface area contributed by atoms with Crippen molar-refractivity contribution in [1.82, 2.24) is 0 Å². The molecule has 2 aromatic carbocycles. The smallest absolute Gasteiger partial charge is 0.311 e. The summed E-state index contributed by atoms with van der Waals surface area (Å²) < 4.78 is 1.50. The maximum atomic E-state index is 10.9. The molecule has 0 amide bonds. The lowest BCUT2D eigenvalue weighted by molar-refractivity contribution is -0.146. The summed E-state index contributed by atoms with van der Waals surface area (Å²) >= 11 is 34.0. The lowest BCUT2D eigenvalue weighted by atomic mass is 10.0. The molecular formula is C20H18Cl6O4. The Balaban J connectivity index is 0.000000300. The van der Waals surface area contributed by atoms with Crippen molar-refractivity contribution in [3.05, 3.63) is 71.8 Å². The topological polar surface area (TPSA) is 63.6 Å². The van der Waals surface area contributed by atoms with Gasteiger partial charge in [0, 0.05) is 6.92 Å². The van der Waals surface area contributed by atoms with E-state index < -0.39 is 31.5 Å². The van der Waals surface area contributed by atoms with Crippen molar-refractivity contribution in [2.45, 2.75) is 27.0 Å². The Hall–Kier alpha value is -0.880. The van der Waals surface area contributed by atoms with Crippen LogP contribution in [0.1, 0.15) is 24.2 Å². The molecule has 2 rings (SSSR count). The third-order valence-corrected chi connectivity index (χ3v) is 5.04. The van der Waals surface area contributed by atoms with Crippen LogP contribution in [0.2, 0.25) is 0 Å². The Bertz CT molecular complexity index is 804. The molecule has 0 radical (unpaired) electrons. The molecule has 0 spiro atoms. The first-order valence-corrected chi connectivity index (χ1v) is 10.7. The fraction of sp³-hybridized carbons (Fsp3) is 0.300. The molecule has 0 saturated heterocycles. The van der Waals surface area contributed by atoms with E-state index in [2.05, 4.69) is 0 Å².